The van der Waals surface area contributed by atoms with Crippen LogP contribution < -0.4 is 5.43 Å². The molecule has 31 heavy (non-hydrogen) atoms. The van der Waals surface area contributed by atoms with Crippen LogP contribution in [0.15, 0.2) is 87.6 Å². The number of thioether (sulfide) groups is 1. The summed E-state index contributed by atoms with van der Waals surface area (Å²) in [5.41, 5.74) is 5.34. The molecule has 7 nitrogen and oxygen atoms in total. The Kier molecular flexibility index (Phi) is 5.13. The first kappa shape index (κ1) is 19.7. The van der Waals surface area contributed by atoms with Gasteiger partial charge in [0.15, 0.2) is 5.84 Å². The Balaban J connectivity index is 1.57. The van der Waals surface area contributed by atoms with Crippen molar-refractivity contribution in [3.8, 4) is 0 Å². The second kappa shape index (κ2) is 8.09. The zero-order valence-corrected chi connectivity index (χ0v) is 17.7. The predicted octanol–water partition coefficient (Wildman–Crippen LogP) is 4.92. The van der Waals surface area contributed by atoms with Crippen LogP contribution in [-0.2, 0) is 4.79 Å². The molecule has 0 saturated carbocycles. The Morgan fingerprint density at radius 3 is 2.55 bits per heavy atom. The van der Waals surface area contributed by atoms with Gasteiger partial charge < -0.3 is 0 Å². The number of carbonyl (C=O) groups is 1. The first-order chi connectivity index (χ1) is 15.1. The van der Waals surface area contributed by atoms with E-state index in [4.69, 9.17) is 4.99 Å². The van der Waals surface area contributed by atoms with Crippen LogP contribution in [0.25, 0.3) is 0 Å². The van der Waals surface area contributed by atoms with E-state index < -0.39 is 10.3 Å². The Labute approximate surface area is 186 Å². The second-order valence-corrected chi connectivity index (χ2v) is 9.03. The van der Waals surface area contributed by atoms with E-state index in [0.717, 1.165) is 21.0 Å². The summed E-state index contributed by atoms with van der Waals surface area (Å²) in [7, 11) is 0. The van der Waals surface area contributed by atoms with E-state index in [-0.39, 0.29) is 17.3 Å². The molecule has 1 atom stereocenters. The average molecular weight is 449 g/mol. The standard InChI is InChI=1S/C22H16N4O3S2/c27-20-13-30-22(14-7-1-4-10-17(14)26(28)29)25(20)24-21-15-8-2-5-11-18(15)31-19-12-6-3-9-16(19)23-21/h1-12,22H,13H2,(H,23,24). The van der Waals surface area contributed by atoms with Crippen molar-refractivity contribution in [2.75, 3.05) is 5.75 Å². The van der Waals surface area contributed by atoms with Gasteiger partial charge >= 0.3 is 0 Å². The van der Waals surface area contributed by atoms with Gasteiger partial charge in [-0.2, -0.15) is 0 Å². The molecule has 1 N–H and O–H groups in total. The quantitative estimate of drug-likeness (QED) is 0.452. The molecule has 2 aliphatic rings. The number of nitro groups is 1. The summed E-state index contributed by atoms with van der Waals surface area (Å²) in [4.78, 5) is 30.7. The summed E-state index contributed by atoms with van der Waals surface area (Å²) in [6.45, 7) is 0. The summed E-state index contributed by atoms with van der Waals surface area (Å²) in [6.07, 6.45) is 0. The maximum atomic E-state index is 12.8. The molecule has 2 heterocycles. The number of carbonyl (C=O) groups excluding carboxylic acids is 1. The molecule has 9 heteroatoms. The van der Waals surface area contributed by atoms with E-state index in [9.17, 15) is 14.9 Å². The number of benzene rings is 3. The average Bonchev–Trinajstić information content (AvgIpc) is 3.06. The van der Waals surface area contributed by atoms with Crippen LogP contribution in [0.2, 0.25) is 0 Å². The molecule has 0 spiro atoms. The van der Waals surface area contributed by atoms with Gasteiger partial charge in [0, 0.05) is 21.4 Å². The van der Waals surface area contributed by atoms with Crippen LogP contribution in [0, 0.1) is 10.1 Å². The highest BCUT2D eigenvalue weighted by Crippen LogP contribution is 2.43. The number of nitrogens with zero attached hydrogens (tertiary/aromatic N) is 3. The molecule has 3 aromatic rings. The van der Waals surface area contributed by atoms with Gasteiger partial charge in [0.2, 0.25) is 0 Å². The molecule has 5 rings (SSSR count). The SMILES string of the molecule is O=C1CSC(c2ccccc2[N+](=O)[O-])N1NC1=Nc2ccccc2Sc2ccccc21. The van der Waals surface area contributed by atoms with E-state index in [1.807, 2.05) is 48.5 Å². The summed E-state index contributed by atoms with van der Waals surface area (Å²) >= 11 is 2.97. The van der Waals surface area contributed by atoms with Crippen LogP contribution in [0.3, 0.4) is 0 Å². The number of para-hydroxylation sites is 2. The summed E-state index contributed by atoms with van der Waals surface area (Å²) in [5, 5.41) is 12.5. The van der Waals surface area contributed by atoms with Gasteiger partial charge in [-0.05, 0) is 24.3 Å². The fourth-order valence-electron chi connectivity index (χ4n) is 3.52. The number of aliphatic imine (C=N–C) groups is 1. The van der Waals surface area contributed by atoms with Gasteiger partial charge in [0.25, 0.3) is 11.6 Å². The number of rotatable bonds is 3. The molecule has 1 amide bonds. The van der Waals surface area contributed by atoms with Crippen molar-refractivity contribution in [2.45, 2.75) is 15.2 Å². The van der Waals surface area contributed by atoms with E-state index >= 15 is 0 Å². The monoisotopic (exact) mass is 448 g/mol. The Bertz CT molecular complexity index is 1230. The highest BCUT2D eigenvalue weighted by molar-refractivity contribution is 8.00. The molecule has 1 unspecified atom stereocenters. The lowest BCUT2D eigenvalue weighted by Gasteiger charge is -2.26. The van der Waals surface area contributed by atoms with Crippen molar-refractivity contribution in [2.24, 2.45) is 4.99 Å². The Morgan fingerprint density at radius 1 is 1.00 bits per heavy atom. The largest absolute Gasteiger partial charge is 0.277 e. The third-order valence-corrected chi connectivity index (χ3v) is 7.29. The first-order valence-electron chi connectivity index (χ1n) is 9.50. The molecule has 1 saturated heterocycles. The molecule has 0 aromatic heterocycles. The smallest absolute Gasteiger partial charge is 0.275 e. The van der Waals surface area contributed by atoms with E-state index in [0.29, 0.717) is 11.4 Å². The second-order valence-electron chi connectivity index (χ2n) is 6.88. The van der Waals surface area contributed by atoms with Crippen LogP contribution in [0.4, 0.5) is 11.4 Å². The number of fused-ring (bicyclic) bond motifs is 2. The van der Waals surface area contributed by atoms with Crippen LogP contribution in [0.5, 0.6) is 0 Å². The number of nitrogens with one attached hydrogen (secondary N) is 1. The number of amides is 1. The molecular weight excluding hydrogens is 432 g/mol. The fraction of sp³-hybridized carbons (Fsp3) is 0.0909. The van der Waals surface area contributed by atoms with Crippen LogP contribution >= 0.6 is 23.5 Å². The molecule has 154 valence electrons. The van der Waals surface area contributed by atoms with Gasteiger partial charge in [0.1, 0.15) is 5.37 Å². The first-order valence-corrected chi connectivity index (χ1v) is 11.4. The highest BCUT2D eigenvalue weighted by atomic mass is 32.2. The van der Waals surface area contributed by atoms with Crippen molar-refractivity contribution >= 4 is 46.6 Å². The number of nitro benzene ring substituents is 1. The molecule has 2 aliphatic heterocycles. The van der Waals surface area contributed by atoms with E-state index in [1.54, 1.807) is 30.0 Å². The topological polar surface area (TPSA) is 87.8 Å². The molecule has 3 aromatic carbocycles. The Morgan fingerprint density at radius 2 is 1.71 bits per heavy atom. The van der Waals surface area contributed by atoms with Gasteiger partial charge in [-0.3, -0.25) is 20.3 Å². The third kappa shape index (κ3) is 3.66. The van der Waals surface area contributed by atoms with Gasteiger partial charge in [-0.25, -0.2) is 10.0 Å². The summed E-state index contributed by atoms with van der Waals surface area (Å²) in [5.74, 6) is 0.607. The lowest BCUT2D eigenvalue weighted by molar-refractivity contribution is -0.385. The lowest BCUT2D eigenvalue weighted by Crippen LogP contribution is -2.45. The zero-order chi connectivity index (χ0) is 21.4. The number of amidine groups is 1. The molecular formula is C22H16N4O3S2. The summed E-state index contributed by atoms with van der Waals surface area (Å²) < 4.78 is 0. The minimum Gasteiger partial charge on any atom is -0.277 e. The van der Waals surface area contributed by atoms with Crippen LogP contribution in [0.1, 0.15) is 16.5 Å². The number of hydrogen-bond acceptors (Lipinski definition) is 7. The van der Waals surface area contributed by atoms with Gasteiger partial charge in [0.05, 0.1) is 21.9 Å². The molecule has 1 fully saturated rings. The van der Waals surface area contributed by atoms with Crippen molar-refractivity contribution in [1.82, 2.24) is 10.4 Å². The van der Waals surface area contributed by atoms with Crippen molar-refractivity contribution in [3.63, 3.8) is 0 Å². The van der Waals surface area contributed by atoms with Crippen molar-refractivity contribution in [3.05, 3.63) is 94.0 Å². The molecule has 0 radical (unpaired) electrons. The van der Waals surface area contributed by atoms with Gasteiger partial charge in [-0.1, -0.05) is 54.2 Å². The third-order valence-electron chi connectivity index (χ3n) is 4.95. The minimum absolute atomic E-state index is 0.00870. The normalized spacial score (nSPS) is 17.4. The van der Waals surface area contributed by atoms with Crippen molar-refractivity contribution in [1.29, 1.82) is 0 Å². The zero-order valence-electron chi connectivity index (χ0n) is 16.1. The number of hydrazine groups is 1. The molecule has 0 bridgehead atoms. The Hall–Kier alpha value is -3.30. The van der Waals surface area contributed by atoms with Gasteiger partial charge in [-0.15, -0.1) is 11.8 Å². The maximum Gasteiger partial charge on any atom is 0.275 e. The predicted molar refractivity (Wildman–Crippen MR) is 121 cm³/mol. The fourth-order valence-corrected chi connectivity index (χ4v) is 5.68. The minimum atomic E-state index is -0.532. The van der Waals surface area contributed by atoms with E-state index in [1.165, 1.54) is 22.8 Å². The number of hydrogen-bond donors (Lipinski definition) is 1. The van der Waals surface area contributed by atoms with Crippen LogP contribution in [-0.4, -0.2) is 27.4 Å². The molecule has 0 aliphatic carbocycles. The van der Waals surface area contributed by atoms with Crippen molar-refractivity contribution < 1.29 is 9.72 Å². The lowest BCUT2D eigenvalue weighted by atomic mass is 10.1. The van der Waals surface area contributed by atoms with E-state index in [2.05, 4.69) is 5.43 Å². The summed E-state index contributed by atoms with van der Waals surface area (Å²) in [6, 6.07) is 22.2. The highest BCUT2D eigenvalue weighted by Gasteiger charge is 2.38. The maximum absolute atomic E-state index is 12.8.